The first kappa shape index (κ1) is 22.0. The predicted octanol–water partition coefficient (Wildman–Crippen LogP) is 3.44. The molecular weight excluding hydrogens is 418 g/mol. The number of hydrogen-bond donors (Lipinski definition) is 1. The van der Waals surface area contributed by atoms with Crippen molar-refractivity contribution in [3.05, 3.63) is 57.9 Å². The first-order valence-corrected chi connectivity index (χ1v) is 10.3. The summed E-state index contributed by atoms with van der Waals surface area (Å²) in [4.78, 5) is 29.5. The molecule has 0 bridgehead atoms. The van der Waals surface area contributed by atoms with Crippen molar-refractivity contribution < 1.29 is 19.1 Å². The van der Waals surface area contributed by atoms with Crippen LogP contribution < -0.4 is 5.73 Å². The summed E-state index contributed by atoms with van der Waals surface area (Å²) in [6, 6.07) is 7.36. The third-order valence-electron chi connectivity index (χ3n) is 4.39. The summed E-state index contributed by atoms with van der Waals surface area (Å²) in [6.45, 7) is 5.41. The molecule has 0 aromatic carbocycles. The Bertz CT molecular complexity index is 1140. The highest BCUT2D eigenvalue weighted by molar-refractivity contribution is 7.18. The van der Waals surface area contributed by atoms with Gasteiger partial charge in [0.25, 0.3) is 0 Å². The minimum atomic E-state index is -0.630. The van der Waals surface area contributed by atoms with E-state index in [0.717, 1.165) is 11.3 Å². The first-order valence-electron chi connectivity index (χ1n) is 9.53. The second-order valence-electron chi connectivity index (χ2n) is 6.76. The van der Waals surface area contributed by atoms with Crippen LogP contribution in [0, 0.1) is 11.3 Å². The SMILES string of the molecule is CCOC(=O)c1sc(N)c(C#N)c1COC(=O)c1cnn(-c2ccccn2)c1C(C)C. The first-order chi connectivity index (χ1) is 14.9. The Balaban J connectivity index is 1.90. The van der Waals surface area contributed by atoms with E-state index in [4.69, 9.17) is 15.2 Å². The van der Waals surface area contributed by atoms with Crippen LogP contribution in [0.15, 0.2) is 30.6 Å². The summed E-state index contributed by atoms with van der Waals surface area (Å²) < 4.78 is 12.1. The van der Waals surface area contributed by atoms with E-state index in [1.807, 2.05) is 26.0 Å². The van der Waals surface area contributed by atoms with Gasteiger partial charge < -0.3 is 15.2 Å². The number of carbonyl (C=O) groups excluding carboxylic acids is 2. The summed E-state index contributed by atoms with van der Waals surface area (Å²) in [7, 11) is 0. The Labute approximate surface area is 183 Å². The van der Waals surface area contributed by atoms with Gasteiger partial charge in [-0.3, -0.25) is 0 Å². The number of pyridine rings is 1. The highest BCUT2D eigenvalue weighted by Gasteiger charge is 2.26. The molecule has 9 nitrogen and oxygen atoms in total. The van der Waals surface area contributed by atoms with E-state index in [0.29, 0.717) is 11.5 Å². The molecule has 0 saturated carbocycles. The van der Waals surface area contributed by atoms with E-state index < -0.39 is 11.9 Å². The molecule has 3 rings (SSSR count). The molecule has 3 aromatic rings. The normalized spacial score (nSPS) is 10.7. The van der Waals surface area contributed by atoms with Crippen LogP contribution in [0.2, 0.25) is 0 Å². The monoisotopic (exact) mass is 439 g/mol. The van der Waals surface area contributed by atoms with E-state index in [2.05, 4.69) is 10.1 Å². The number of nitriles is 1. The van der Waals surface area contributed by atoms with Gasteiger partial charge in [0.1, 0.15) is 28.1 Å². The van der Waals surface area contributed by atoms with Crippen LogP contribution >= 0.6 is 11.3 Å². The second-order valence-corrected chi connectivity index (χ2v) is 7.81. The van der Waals surface area contributed by atoms with Crippen LogP contribution in [0.1, 0.15) is 63.5 Å². The minimum absolute atomic E-state index is 0.0476. The van der Waals surface area contributed by atoms with Gasteiger partial charge in [0.2, 0.25) is 0 Å². The lowest BCUT2D eigenvalue weighted by atomic mass is 10.1. The zero-order chi connectivity index (χ0) is 22.5. The Morgan fingerprint density at radius 2 is 2.06 bits per heavy atom. The maximum Gasteiger partial charge on any atom is 0.348 e. The van der Waals surface area contributed by atoms with Crippen molar-refractivity contribution in [2.24, 2.45) is 0 Å². The van der Waals surface area contributed by atoms with Crippen LogP contribution in [-0.2, 0) is 16.1 Å². The molecule has 0 aliphatic heterocycles. The number of thiophene rings is 1. The highest BCUT2D eigenvalue weighted by Crippen LogP contribution is 2.32. The van der Waals surface area contributed by atoms with Gasteiger partial charge in [-0.05, 0) is 25.0 Å². The summed E-state index contributed by atoms with van der Waals surface area (Å²) >= 11 is 0.935. The molecule has 0 atom stereocenters. The van der Waals surface area contributed by atoms with E-state index in [1.54, 1.807) is 29.9 Å². The van der Waals surface area contributed by atoms with Gasteiger partial charge in [-0.2, -0.15) is 10.4 Å². The summed E-state index contributed by atoms with van der Waals surface area (Å²) in [5.41, 5.74) is 7.12. The number of carbonyl (C=O) groups is 2. The molecule has 0 aliphatic rings. The number of ether oxygens (including phenoxy) is 2. The number of anilines is 1. The van der Waals surface area contributed by atoms with Gasteiger partial charge >= 0.3 is 11.9 Å². The van der Waals surface area contributed by atoms with Crippen molar-refractivity contribution in [2.45, 2.75) is 33.3 Å². The molecule has 0 unspecified atom stereocenters. The Morgan fingerprint density at radius 1 is 1.29 bits per heavy atom. The van der Waals surface area contributed by atoms with Crippen molar-refractivity contribution in [1.29, 1.82) is 5.26 Å². The summed E-state index contributed by atoms with van der Waals surface area (Å²) in [5.74, 6) is -0.715. The fraction of sp³-hybridized carbons (Fsp3) is 0.286. The van der Waals surface area contributed by atoms with Gasteiger partial charge in [-0.15, -0.1) is 11.3 Å². The van der Waals surface area contributed by atoms with E-state index in [1.165, 1.54) is 6.20 Å². The van der Waals surface area contributed by atoms with Crippen molar-refractivity contribution >= 4 is 28.3 Å². The van der Waals surface area contributed by atoms with E-state index in [9.17, 15) is 14.9 Å². The number of rotatable bonds is 7. The molecule has 0 amide bonds. The molecule has 10 heteroatoms. The van der Waals surface area contributed by atoms with Crippen LogP contribution in [0.25, 0.3) is 5.82 Å². The van der Waals surface area contributed by atoms with Gasteiger partial charge in [0.05, 0.1) is 24.1 Å². The number of nitrogens with two attached hydrogens (primary N) is 1. The Morgan fingerprint density at radius 3 is 2.68 bits per heavy atom. The standard InChI is InChI=1S/C21H21N5O4S/c1-4-29-21(28)18-15(13(9-22)19(23)31-18)11-30-20(27)14-10-25-26(17(14)12(2)3)16-7-5-6-8-24-16/h5-8,10,12H,4,11,23H2,1-3H3. The summed E-state index contributed by atoms with van der Waals surface area (Å²) in [5, 5.41) is 13.9. The lowest BCUT2D eigenvalue weighted by Crippen LogP contribution is -2.13. The molecule has 3 aromatic heterocycles. The number of nitrogens with zero attached hydrogens (tertiary/aromatic N) is 4. The zero-order valence-electron chi connectivity index (χ0n) is 17.3. The molecule has 3 heterocycles. The van der Waals surface area contributed by atoms with Crippen LogP contribution in [0.4, 0.5) is 5.00 Å². The van der Waals surface area contributed by atoms with Crippen LogP contribution in [0.3, 0.4) is 0 Å². The average Bonchev–Trinajstić information content (AvgIpc) is 3.34. The van der Waals surface area contributed by atoms with Crippen molar-refractivity contribution in [3.8, 4) is 11.9 Å². The van der Waals surface area contributed by atoms with Gasteiger partial charge in [0.15, 0.2) is 5.82 Å². The third-order valence-corrected chi connectivity index (χ3v) is 5.44. The Kier molecular flexibility index (Phi) is 6.67. The number of hydrogen-bond acceptors (Lipinski definition) is 9. The van der Waals surface area contributed by atoms with Crippen molar-refractivity contribution in [1.82, 2.24) is 14.8 Å². The molecular formula is C21H21N5O4S. The lowest BCUT2D eigenvalue weighted by Gasteiger charge is -2.12. The van der Waals surface area contributed by atoms with Gasteiger partial charge in [-0.1, -0.05) is 19.9 Å². The molecule has 0 radical (unpaired) electrons. The maximum absolute atomic E-state index is 12.9. The molecule has 0 aliphatic carbocycles. The quantitative estimate of drug-likeness (QED) is 0.554. The maximum atomic E-state index is 12.9. The van der Waals surface area contributed by atoms with Gasteiger partial charge in [-0.25, -0.2) is 19.3 Å². The number of aromatic nitrogens is 3. The topological polar surface area (TPSA) is 133 Å². The van der Waals surface area contributed by atoms with Crippen LogP contribution in [-0.4, -0.2) is 33.3 Å². The number of nitrogen functional groups attached to an aromatic ring is 1. The molecule has 2 N–H and O–H groups in total. The largest absolute Gasteiger partial charge is 0.462 e. The molecule has 0 fully saturated rings. The minimum Gasteiger partial charge on any atom is -0.462 e. The lowest BCUT2D eigenvalue weighted by molar-refractivity contribution is 0.0451. The fourth-order valence-electron chi connectivity index (χ4n) is 3.05. The molecule has 160 valence electrons. The highest BCUT2D eigenvalue weighted by atomic mass is 32.1. The average molecular weight is 439 g/mol. The second kappa shape index (κ2) is 9.40. The van der Waals surface area contributed by atoms with E-state index >= 15 is 0 Å². The fourth-order valence-corrected chi connectivity index (χ4v) is 3.97. The molecule has 0 spiro atoms. The molecule has 31 heavy (non-hydrogen) atoms. The summed E-state index contributed by atoms with van der Waals surface area (Å²) in [6.07, 6.45) is 3.06. The smallest absolute Gasteiger partial charge is 0.348 e. The zero-order valence-corrected chi connectivity index (χ0v) is 18.1. The van der Waals surface area contributed by atoms with Gasteiger partial charge in [0, 0.05) is 11.8 Å². The van der Waals surface area contributed by atoms with E-state index in [-0.39, 0.29) is 45.7 Å². The van der Waals surface area contributed by atoms with Crippen molar-refractivity contribution in [3.63, 3.8) is 0 Å². The predicted molar refractivity (Wildman–Crippen MR) is 114 cm³/mol. The number of esters is 2. The third kappa shape index (κ3) is 4.41. The molecule has 0 saturated heterocycles. The van der Waals surface area contributed by atoms with Crippen LogP contribution in [0.5, 0.6) is 0 Å². The Hall–Kier alpha value is -3.71. The van der Waals surface area contributed by atoms with Crippen molar-refractivity contribution in [2.75, 3.05) is 12.3 Å².